The third kappa shape index (κ3) is 1.62. The molecule has 2 fully saturated rings. The Morgan fingerprint density at radius 2 is 2.25 bits per heavy atom. The van der Waals surface area contributed by atoms with Crippen LogP contribution in [0.15, 0.2) is 11.4 Å². The second-order valence-electron chi connectivity index (χ2n) is 5.18. The van der Waals surface area contributed by atoms with Crippen molar-refractivity contribution < 1.29 is 4.79 Å². The van der Waals surface area contributed by atoms with E-state index in [1.54, 1.807) is 11.3 Å². The van der Waals surface area contributed by atoms with Crippen LogP contribution in [0, 0.1) is 18.3 Å². The van der Waals surface area contributed by atoms with E-state index in [0.717, 1.165) is 25.1 Å². The van der Waals surface area contributed by atoms with Crippen LogP contribution in [-0.2, 0) is 0 Å². The van der Waals surface area contributed by atoms with Gasteiger partial charge in [0.05, 0.1) is 0 Å². The highest BCUT2D eigenvalue weighted by atomic mass is 32.1. The normalized spacial score (nSPS) is 26.9. The molecule has 1 atom stereocenters. The molecule has 1 spiro atoms. The van der Waals surface area contributed by atoms with Crippen molar-refractivity contribution in [2.24, 2.45) is 11.3 Å². The number of Topliss-reactive ketones (excluding diaryl/α,β-unsaturated/α-hetero) is 1. The van der Waals surface area contributed by atoms with Gasteiger partial charge in [0.15, 0.2) is 5.78 Å². The Morgan fingerprint density at radius 1 is 1.50 bits per heavy atom. The molecule has 1 saturated heterocycles. The summed E-state index contributed by atoms with van der Waals surface area (Å²) in [5, 5.41) is 5.39. The first-order valence-electron chi connectivity index (χ1n) is 6.01. The van der Waals surface area contributed by atoms with Gasteiger partial charge in [-0.1, -0.05) is 0 Å². The molecule has 3 heteroatoms. The van der Waals surface area contributed by atoms with Crippen LogP contribution in [0.5, 0.6) is 0 Å². The molecule has 2 heterocycles. The number of carbonyl (C=O) groups is 1. The summed E-state index contributed by atoms with van der Waals surface area (Å²) in [5.74, 6) is 0.717. The number of nitrogens with one attached hydrogen (secondary N) is 1. The van der Waals surface area contributed by atoms with Gasteiger partial charge in [0.2, 0.25) is 0 Å². The summed E-state index contributed by atoms with van der Waals surface area (Å²) < 4.78 is 0. The Hall–Kier alpha value is -0.670. The smallest absolute Gasteiger partial charge is 0.167 e. The molecular weight excluding hydrogens is 218 g/mol. The quantitative estimate of drug-likeness (QED) is 0.798. The van der Waals surface area contributed by atoms with Crippen LogP contribution < -0.4 is 5.32 Å². The van der Waals surface area contributed by atoms with E-state index in [4.69, 9.17) is 0 Å². The predicted molar refractivity (Wildman–Crippen MR) is 66.0 cm³/mol. The SMILES string of the molecule is Cc1cc(C(=O)C2CC23CCNCC3)cs1. The van der Waals surface area contributed by atoms with Crippen LogP contribution in [0.1, 0.15) is 34.5 Å². The maximum absolute atomic E-state index is 12.3. The minimum Gasteiger partial charge on any atom is -0.317 e. The molecule has 1 unspecified atom stereocenters. The molecular formula is C13H17NOS. The Kier molecular flexibility index (Phi) is 2.41. The number of ketones is 1. The monoisotopic (exact) mass is 235 g/mol. The van der Waals surface area contributed by atoms with E-state index in [9.17, 15) is 4.79 Å². The van der Waals surface area contributed by atoms with Crippen LogP contribution >= 0.6 is 11.3 Å². The predicted octanol–water partition coefficient (Wildman–Crippen LogP) is 2.63. The molecule has 3 rings (SSSR count). The van der Waals surface area contributed by atoms with Gasteiger partial charge in [-0.15, -0.1) is 11.3 Å². The molecule has 2 nitrogen and oxygen atoms in total. The summed E-state index contributed by atoms with van der Waals surface area (Å²) in [6, 6.07) is 2.04. The van der Waals surface area contributed by atoms with E-state index in [1.165, 1.54) is 17.7 Å². The summed E-state index contributed by atoms with van der Waals surface area (Å²) in [5.41, 5.74) is 1.32. The summed E-state index contributed by atoms with van der Waals surface area (Å²) >= 11 is 1.68. The van der Waals surface area contributed by atoms with Crippen molar-refractivity contribution >= 4 is 17.1 Å². The molecule has 2 aliphatic rings. The summed E-state index contributed by atoms with van der Waals surface area (Å²) in [7, 11) is 0. The first kappa shape index (κ1) is 10.5. The lowest BCUT2D eigenvalue weighted by Crippen LogP contribution is -2.30. The average molecular weight is 235 g/mol. The van der Waals surface area contributed by atoms with Crippen molar-refractivity contribution in [1.29, 1.82) is 0 Å². The fourth-order valence-corrected chi connectivity index (χ4v) is 3.66. The lowest BCUT2D eigenvalue weighted by Gasteiger charge is -2.22. The van der Waals surface area contributed by atoms with E-state index in [2.05, 4.69) is 12.2 Å². The van der Waals surface area contributed by atoms with Crippen LogP contribution in [0.3, 0.4) is 0 Å². The van der Waals surface area contributed by atoms with Gasteiger partial charge in [0.1, 0.15) is 0 Å². The van der Waals surface area contributed by atoms with Crippen molar-refractivity contribution in [2.45, 2.75) is 26.2 Å². The number of rotatable bonds is 2. The molecule has 0 aromatic carbocycles. The Morgan fingerprint density at radius 3 is 2.88 bits per heavy atom. The van der Waals surface area contributed by atoms with Crippen molar-refractivity contribution in [3.05, 3.63) is 21.9 Å². The van der Waals surface area contributed by atoms with Crippen molar-refractivity contribution in [2.75, 3.05) is 13.1 Å². The number of hydrogen-bond donors (Lipinski definition) is 1. The van der Waals surface area contributed by atoms with Crippen molar-refractivity contribution in [1.82, 2.24) is 5.32 Å². The fraction of sp³-hybridized carbons (Fsp3) is 0.615. The number of thiophene rings is 1. The van der Waals surface area contributed by atoms with Gasteiger partial charge in [-0.2, -0.15) is 0 Å². The fourth-order valence-electron chi connectivity index (χ4n) is 2.97. The van der Waals surface area contributed by atoms with Gasteiger partial charge in [0.25, 0.3) is 0 Å². The van der Waals surface area contributed by atoms with Gasteiger partial charge in [0, 0.05) is 21.7 Å². The van der Waals surface area contributed by atoms with Gasteiger partial charge in [-0.05, 0) is 50.8 Å². The second-order valence-corrected chi connectivity index (χ2v) is 6.29. The maximum Gasteiger partial charge on any atom is 0.167 e. The Bertz CT molecular complexity index is 417. The van der Waals surface area contributed by atoms with Gasteiger partial charge < -0.3 is 5.32 Å². The molecule has 86 valence electrons. The van der Waals surface area contributed by atoms with Gasteiger partial charge in [-0.25, -0.2) is 0 Å². The zero-order valence-electron chi connectivity index (χ0n) is 9.58. The van der Waals surface area contributed by atoms with E-state index in [1.807, 2.05) is 11.4 Å². The molecule has 0 radical (unpaired) electrons. The molecule has 1 aliphatic carbocycles. The summed E-state index contributed by atoms with van der Waals surface area (Å²) in [6.45, 7) is 4.24. The molecule has 1 saturated carbocycles. The Balaban J connectivity index is 1.74. The van der Waals surface area contributed by atoms with Crippen molar-refractivity contribution in [3.63, 3.8) is 0 Å². The highest BCUT2D eigenvalue weighted by Gasteiger charge is 2.57. The Labute approximate surface area is 100 Å². The average Bonchev–Trinajstić information content (AvgIpc) is 2.79. The van der Waals surface area contributed by atoms with E-state index >= 15 is 0 Å². The zero-order valence-corrected chi connectivity index (χ0v) is 10.4. The van der Waals surface area contributed by atoms with Gasteiger partial charge >= 0.3 is 0 Å². The minimum absolute atomic E-state index is 0.323. The molecule has 1 aromatic heterocycles. The molecule has 1 aliphatic heterocycles. The zero-order chi connectivity index (χ0) is 11.2. The third-order valence-electron chi connectivity index (χ3n) is 4.12. The lowest BCUT2D eigenvalue weighted by molar-refractivity contribution is 0.0941. The minimum atomic E-state index is 0.323. The van der Waals surface area contributed by atoms with Crippen LogP contribution in [0.2, 0.25) is 0 Å². The lowest BCUT2D eigenvalue weighted by atomic mass is 9.90. The third-order valence-corrected chi connectivity index (χ3v) is 4.98. The van der Waals surface area contributed by atoms with E-state index in [-0.39, 0.29) is 0 Å². The summed E-state index contributed by atoms with van der Waals surface area (Å²) in [6.07, 6.45) is 3.50. The molecule has 0 bridgehead atoms. The van der Waals surface area contributed by atoms with E-state index < -0.39 is 0 Å². The number of piperidine rings is 1. The first-order chi connectivity index (χ1) is 7.71. The van der Waals surface area contributed by atoms with E-state index in [0.29, 0.717) is 17.1 Å². The first-order valence-corrected chi connectivity index (χ1v) is 6.89. The number of carbonyl (C=O) groups excluding carboxylic acids is 1. The second kappa shape index (κ2) is 3.67. The molecule has 1 N–H and O–H groups in total. The largest absolute Gasteiger partial charge is 0.317 e. The van der Waals surface area contributed by atoms with Crippen LogP contribution in [0.4, 0.5) is 0 Å². The topological polar surface area (TPSA) is 29.1 Å². The maximum atomic E-state index is 12.3. The highest BCUT2D eigenvalue weighted by molar-refractivity contribution is 7.10. The number of hydrogen-bond acceptors (Lipinski definition) is 3. The summed E-state index contributed by atoms with van der Waals surface area (Å²) in [4.78, 5) is 13.5. The molecule has 1 aromatic rings. The van der Waals surface area contributed by atoms with Crippen LogP contribution in [0.25, 0.3) is 0 Å². The molecule has 16 heavy (non-hydrogen) atoms. The standard InChI is InChI=1S/C13H17NOS/c1-9-6-10(8-16-9)12(15)11-7-13(11)2-4-14-5-3-13/h6,8,11,14H,2-5,7H2,1H3. The highest BCUT2D eigenvalue weighted by Crippen LogP contribution is 2.59. The molecule has 0 amide bonds. The number of aryl methyl sites for hydroxylation is 1. The van der Waals surface area contributed by atoms with Crippen LogP contribution in [-0.4, -0.2) is 18.9 Å². The van der Waals surface area contributed by atoms with Crippen molar-refractivity contribution in [3.8, 4) is 0 Å². The van der Waals surface area contributed by atoms with Gasteiger partial charge in [-0.3, -0.25) is 4.79 Å².